The third kappa shape index (κ3) is 4.92. The second kappa shape index (κ2) is 9.61. The van der Waals surface area contributed by atoms with Gasteiger partial charge in [0.2, 0.25) is 0 Å². The van der Waals surface area contributed by atoms with Crippen LogP contribution >= 0.6 is 15.9 Å². The highest BCUT2D eigenvalue weighted by Crippen LogP contribution is 2.31. The molecule has 5 aromatic rings. The monoisotopic (exact) mass is 518 g/mol. The Hall–Kier alpha value is -3.78. The highest BCUT2D eigenvalue weighted by atomic mass is 79.9. The third-order valence-corrected chi connectivity index (χ3v) is 5.74. The van der Waals surface area contributed by atoms with E-state index < -0.39 is 0 Å². The molecule has 6 nitrogen and oxygen atoms in total. The summed E-state index contributed by atoms with van der Waals surface area (Å²) < 4.78 is 26.9. The Labute approximate surface area is 204 Å². The van der Waals surface area contributed by atoms with Gasteiger partial charge >= 0.3 is 0 Å². The number of hydrogen-bond donors (Lipinski definition) is 1. The molecule has 0 saturated heterocycles. The summed E-state index contributed by atoms with van der Waals surface area (Å²) in [4.78, 5) is 16.6. The average Bonchev–Trinajstić information content (AvgIpc) is 3.26. The highest BCUT2D eigenvalue weighted by molar-refractivity contribution is 9.10. The standard InChI is InChI=1S/C26H20BrFN4O2/c1-16-5-4-8-29-24(16)15-34-21-10-18(25-31-23-11-19(27)13-30-26(23)32-25)9-20(12-21)33-14-17-6-2-3-7-22(17)28/h2-13H,14-15H2,1H3,(H,30,31,32). The first-order valence-electron chi connectivity index (χ1n) is 10.6. The zero-order chi connectivity index (χ0) is 23.5. The maximum Gasteiger partial charge on any atom is 0.178 e. The molecule has 0 atom stereocenters. The molecule has 0 fully saturated rings. The molecule has 0 aliphatic rings. The molecule has 34 heavy (non-hydrogen) atoms. The molecule has 0 amide bonds. The van der Waals surface area contributed by atoms with Gasteiger partial charge in [-0.2, -0.15) is 0 Å². The van der Waals surface area contributed by atoms with Gasteiger partial charge in [0.25, 0.3) is 0 Å². The van der Waals surface area contributed by atoms with Crippen molar-refractivity contribution >= 4 is 27.1 Å². The molecule has 5 rings (SSSR count). The number of aryl methyl sites for hydroxylation is 1. The summed E-state index contributed by atoms with van der Waals surface area (Å²) in [6.45, 7) is 2.38. The van der Waals surface area contributed by atoms with Crippen LogP contribution in [-0.4, -0.2) is 19.9 Å². The fourth-order valence-corrected chi connectivity index (χ4v) is 3.82. The van der Waals surface area contributed by atoms with Crippen molar-refractivity contribution in [3.05, 3.63) is 100 Å². The van der Waals surface area contributed by atoms with E-state index in [1.807, 2.05) is 37.3 Å². The molecule has 0 spiro atoms. The molecule has 0 saturated carbocycles. The lowest BCUT2D eigenvalue weighted by Gasteiger charge is -2.13. The van der Waals surface area contributed by atoms with Crippen molar-refractivity contribution in [1.82, 2.24) is 19.9 Å². The SMILES string of the molecule is Cc1cccnc1COc1cc(OCc2ccccc2F)cc(-c2nc3ncc(Br)cc3[nH]2)c1. The number of pyridine rings is 2. The molecule has 2 aromatic carbocycles. The van der Waals surface area contributed by atoms with Gasteiger partial charge in [-0.3, -0.25) is 4.98 Å². The zero-order valence-electron chi connectivity index (χ0n) is 18.3. The number of ether oxygens (including phenoxy) is 2. The highest BCUT2D eigenvalue weighted by Gasteiger charge is 2.12. The van der Waals surface area contributed by atoms with E-state index in [0.29, 0.717) is 35.1 Å². The maximum atomic E-state index is 14.1. The first-order chi connectivity index (χ1) is 16.5. The van der Waals surface area contributed by atoms with Gasteiger partial charge in [-0.25, -0.2) is 14.4 Å². The van der Waals surface area contributed by atoms with E-state index in [-0.39, 0.29) is 12.4 Å². The molecule has 0 bridgehead atoms. The summed E-state index contributed by atoms with van der Waals surface area (Å²) in [5.41, 5.74) is 4.52. The van der Waals surface area contributed by atoms with Crippen molar-refractivity contribution in [3.8, 4) is 22.9 Å². The minimum absolute atomic E-state index is 0.0869. The Kier molecular flexibility index (Phi) is 6.22. The predicted octanol–water partition coefficient (Wildman–Crippen LogP) is 6.39. The van der Waals surface area contributed by atoms with E-state index in [1.54, 1.807) is 36.7 Å². The number of fused-ring (bicyclic) bond motifs is 1. The van der Waals surface area contributed by atoms with Crippen molar-refractivity contribution in [2.75, 3.05) is 0 Å². The summed E-state index contributed by atoms with van der Waals surface area (Å²) in [6.07, 6.45) is 3.44. The fraction of sp³-hybridized carbons (Fsp3) is 0.115. The van der Waals surface area contributed by atoms with Gasteiger partial charge in [0.15, 0.2) is 5.65 Å². The Morgan fingerprint density at radius 1 is 0.941 bits per heavy atom. The minimum Gasteiger partial charge on any atom is -0.489 e. The number of halogens is 2. The van der Waals surface area contributed by atoms with Gasteiger partial charge in [0, 0.05) is 34.1 Å². The lowest BCUT2D eigenvalue weighted by atomic mass is 10.2. The number of nitrogens with one attached hydrogen (secondary N) is 1. The molecule has 8 heteroatoms. The topological polar surface area (TPSA) is 72.9 Å². The van der Waals surface area contributed by atoms with E-state index in [1.165, 1.54) is 6.07 Å². The third-order valence-electron chi connectivity index (χ3n) is 5.30. The second-order valence-electron chi connectivity index (χ2n) is 7.74. The molecule has 3 heterocycles. The average molecular weight is 519 g/mol. The van der Waals surface area contributed by atoms with Crippen LogP contribution in [0.25, 0.3) is 22.6 Å². The van der Waals surface area contributed by atoms with Crippen LogP contribution in [0.2, 0.25) is 0 Å². The van der Waals surface area contributed by atoms with Crippen LogP contribution in [0.4, 0.5) is 4.39 Å². The molecule has 0 radical (unpaired) electrons. The maximum absolute atomic E-state index is 14.1. The number of benzene rings is 2. The summed E-state index contributed by atoms with van der Waals surface area (Å²) in [6, 6.07) is 17.8. The van der Waals surface area contributed by atoms with Crippen LogP contribution in [-0.2, 0) is 13.2 Å². The fourth-order valence-electron chi connectivity index (χ4n) is 3.48. The summed E-state index contributed by atoms with van der Waals surface area (Å²) in [7, 11) is 0. The number of rotatable bonds is 7. The number of aromatic amines is 1. The molecule has 0 aliphatic carbocycles. The van der Waals surface area contributed by atoms with E-state index in [2.05, 4.69) is 35.9 Å². The number of imidazole rings is 1. The van der Waals surface area contributed by atoms with Crippen molar-refractivity contribution in [1.29, 1.82) is 0 Å². The number of aromatic nitrogens is 4. The van der Waals surface area contributed by atoms with E-state index in [0.717, 1.165) is 26.8 Å². The first kappa shape index (κ1) is 22.0. The van der Waals surface area contributed by atoms with Gasteiger partial charge in [-0.15, -0.1) is 0 Å². The van der Waals surface area contributed by atoms with Gasteiger partial charge in [0.1, 0.15) is 36.4 Å². The van der Waals surface area contributed by atoms with Crippen molar-refractivity contribution in [2.45, 2.75) is 20.1 Å². The Balaban J connectivity index is 1.47. The van der Waals surface area contributed by atoms with Crippen LogP contribution in [0.1, 0.15) is 16.8 Å². The lowest BCUT2D eigenvalue weighted by molar-refractivity contribution is 0.284. The summed E-state index contributed by atoms with van der Waals surface area (Å²) in [5, 5.41) is 0. The first-order valence-corrected chi connectivity index (χ1v) is 11.4. The zero-order valence-corrected chi connectivity index (χ0v) is 19.8. The predicted molar refractivity (Wildman–Crippen MR) is 131 cm³/mol. The molecule has 0 aliphatic heterocycles. The van der Waals surface area contributed by atoms with Gasteiger partial charge in [-0.05, 0) is 58.7 Å². The Bertz CT molecular complexity index is 1400. The van der Waals surface area contributed by atoms with Crippen molar-refractivity contribution < 1.29 is 13.9 Å². The molecular formula is C26H20BrFN4O2. The number of hydrogen-bond acceptors (Lipinski definition) is 5. The van der Waals surface area contributed by atoms with Gasteiger partial charge < -0.3 is 14.5 Å². The lowest BCUT2D eigenvalue weighted by Crippen LogP contribution is -2.02. The molecule has 0 unspecified atom stereocenters. The normalized spacial score (nSPS) is 11.0. The second-order valence-corrected chi connectivity index (χ2v) is 8.65. The number of H-pyrrole nitrogens is 1. The quantitative estimate of drug-likeness (QED) is 0.270. The van der Waals surface area contributed by atoms with E-state index in [4.69, 9.17) is 9.47 Å². The van der Waals surface area contributed by atoms with E-state index in [9.17, 15) is 4.39 Å². The molecule has 170 valence electrons. The van der Waals surface area contributed by atoms with Crippen molar-refractivity contribution in [2.24, 2.45) is 0 Å². The summed E-state index contributed by atoms with van der Waals surface area (Å²) in [5.74, 6) is 1.43. The summed E-state index contributed by atoms with van der Waals surface area (Å²) >= 11 is 3.43. The van der Waals surface area contributed by atoms with Crippen molar-refractivity contribution in [3.63, 3.8) is 0 Å². The van der Waals surface area contributed by atoms with Crippen LogP contribution in [0.15, 0.2) is 77.5 Å². The van der Waals surface area contributed by atoms with Gasteiger partial charge in [0.05, 0.1) is 11.2 Å². The minimum atomic E-state index is -0.310. The Morgan fingerprint density at radius 3 is 2.53 bits per heavy atom. The number of nitrogens with zero attached hydrogens (tertiary/aromatic N) is 3. The van der Waals surface area contributed by atoms with E-state index >= 15 is 0 Å². The Morgan fingerprint density at radius 2 is 1.74 bits per heavy atom. The van der Waals surface area contributed by atoms with Crippen LogP contribution in [0.5, 0.6) is 11.5 Å². The molecule has 3 aromatic heterocycles. The molecule has 1 N–H and O–H groups in total. The molecular weight excluding hydrogens is 499 g/mol. The smallest absolute Gasteiger partial charge is 0.178 e. The van der Waals surface area contributed by atoms with Crippen LogP contribution in [0, 0.1) is 12.7 Å². The van der Waals surface area contributed by atoms with Crippen LogP contribution < -0.4 is 9.47 Å². The largest absolute Gasteiger partial charge is 0.489 e. The van der Waals surface area contributed by atoms with Crippen LogP contribution in [0.3, 0.4) is 0 Å². The van der Waals surface area contributed by atoms with Gasteiger partial charge in [-0.1, -0.05) is 24.3 Å².